The third kappa shape index (κ3) is 3.04. The van der Waals surface area contributed by atoms with Crippen molar-refractivity contribution in [1.29, 1.82) is 0 Å². The zero-order valence-electron chi connectivity index (χ0n) is 14.4. The summed E-state index contributed by atoms with van der Waals surface area (Å²) in [7, 11) is 0. The average Bonchev–Trinajstić information content (AvgIpc) is 3.16. The molecule has 1 aliphatic rings. The fourth-order valence-corrected chi connectivity index (χ4v) is 5.16. The van der Waals surface area contributed by atoms with Gasteiger partial charge in [-0.1, -0.05) is 11.8 Å². The second-order valence-corrected chi connectivity index (χ2v) is 8.34. The molecular weight excluding hydrogens is 352 g/mol. The van der Waals surface area contributed by atoms with Crippen molar-refractivity contribution in [3.8, 4) is 5.75 Å². The van der Waals surface area contributed by atoms with E-state index in [4.69, 9.17) is 4.74 Å². The maximum atomic E-state index is 12.6. The molecule has 0 saturated carbocycles. The molecule has 3 aromatic rings. The molecule has 0 aliphatic carbocycles. The van der Waals surface area contributed by atoms with Gasteiger partial charge in [0.05, 0.1) is 12.4 Å². The highest BCUT2D eigenvalue weighted by molar-refractivity contribution is 8.00. The molecule has 1 aromatic carbocycles. The van der Waals surface area contributed by atoms with E-state index in [1.807, 2.05) is 25.1 Å². The smallest absolute Gasteiger partial charge is 0.173 e. The van der Waals surface area contributed by atoms with Gasteiger partial charge in [0.1, 0.15) is 21.4 Å². The number of aryl methyl sites for hydroxylation is 3. The topological polar surface area (TPSA) is 52.1 Å². The third-order valence-corrected chi connectivity index (χ3v) is 6.54. The van der Waals surface area contributed by atoms with Crippen LogP contribution in [0.25, 0.3) is 10.2 Å². The van der Waals surface area contributed by atoms with Crippen molar-refractivity contribution >= 4 is 39.1 Å². The number of ketones is 1. The Balaban J connectivity index is 1.59. The normalized spacial score (nSPS) is 13.1. The first kappa shape index (κ1) is 16.5. The predicted molar refractivity (Wildman–Crippen MR) is 102 cm³/mol. The summed E-state index contributed by atoms with van der Waals surface area (Å²) >= 11 is 3.19. The van der Waals surface area contributed by atoms with Gasteiger partial charge < -0.3 is 4.74 Å². The van der Waals surface area contributed by atoms with E-state index in [-0.39, 0.29) is 5.78 Å². The van der Waals surface area contributed by atoms with Crippen molar-refractivity contribution in [3.05, 3.63) is 45.6 Å². The minimum Gasteiger partial charge on any atom is -0.493 e. The minimum atomic E-state index is 0.119. The Morgan fingerprint density at radius 1 is 1.28 bits per heavy atom. The number of aromatic nitrogens is 2. The first-order chi connectivity index (χ1) is 12.0. The van der Waals surface area contributed by atoms with E-state index in [0.717, 1.165) is 44.4 Å². The molecule has 0 spiro atoms. The molecule has 0 radical (unpaired) electrons. The van der Waals surface area contributed by atoms with Crippen LogP contribution in [-0.4, -0.2) is 28.1 Å². The van der Waals surface area contributed by atoms with Crippen LogP contribution in [-0.2, 0) is 6.42 Å². The standard InChI is InChI=1S/C19H18N2O2S2/c1-10-11(2)25-19-17(10)18(20-12(3)21-19)24-9-15(22)13-4-5-16-14(8-13)6-7-23-16/h4-5,8H,6-7,9H2,1-3H3. The molecule has 4 rings (SSSR count). The number of rotatable bonds is 4. The first-order valence-electron chi connectivity index (χ1n) is 8.19. The second kappa shape index (κ2) is 6.42. The molecule has 0 atom stereocenters. The number of fused-ring (bicyclic) bond motifs is 2. The van der Waals surface area contributed by atoms with Gasteiger partial charge in [-0.2, -0.15) is 0 Å². The van der Waals surface area contributed by atoms with Gasteiger partial charge in [0.2, 0.25) is 0 Å². The van der Waals surface area contributed by atoms with Gasteiger partial charge in [-0.25, -0.2) is 9.97 Å². The van der Waals surface area contributed by atoms with Crippen molar-refractivity contribution in [2.45, 2.75) is 32.2 Å². The van der Waals surface area contributed by atoms with Crippen molar-refractivity contribution in [3.63, 3.8) is 0 Å². The minimum absolute atomic E-state index is 0.119. The summed E-state index contributed by atoms with van der Waals surface area (Å²) in [6, 6.07) is 5.72. The monoisotopic (exact) mass is 370 g/mol. The Bertz CT molecular complexity index is 995. The second-order valence-electron chi connectivity index (χ2n) is 6.17. The Labute approximate surface area is 154 Å². The van der Waals surface area contributed by atoms with Crippen LogP contribution in [0.1, 0.15) is 32.2 Å². The molecule has 0 bridgehead atoms. The van der Waals surface area contributed by atoms with E-state index in [9.17, 15) is 4.79 Å². The molecule has 0 N–H and O–H groups in total. The highest BCUT2D eigenvalue weighted by Crippen LogP contribution is 2.35. The van der Waals surface area contributed by atoms with E-state index in [1.54, 1.807) is 11.3 Å². The molecular formula is C19H18N2O2S2. The molecule has 3 heterocycles. The molecule has 4 nitrogen and oxygen atoms in total. The summed E-state index contributed by atoms with van der Waals surface area (Å²) < 4.78 is 5.51. The lowest BCUT2D eigenvalue weighted by molar-refractivity contribution is 0.102. The molecule has 0 amide bonds. The number of benzene rings is 1. The zero-order valence-corrected chi connectivity index (χ0v) is 16.0. The summed E-state index contributed by atoms with van der Waals surface area (Å²) in [4.78, 5) is 24.0. The summed E-state index contributed by atoms with van der Waals surface area (Å²) in [6.45, 7) is 6.80. The van der Waals surface area contributed by atoms with Crippen molar-refractivity contribution in [2.24, 2.45) is 0 Å². The Hall–Kier alpha value is -1.92. The largest absolute Gasteiger partial charge is 0.493 e. The number of ether oxygens (including phenoxy) is 1. The van der Waals surface area contributed by atoms with Crippen LogP contribution >= 0.6 is 23.1 Å². The Kier molecular flexibility index (Phi) is 4.25. The van der Waals surface area contributed by atoms with Gasteiger partial charge in [0, 0.05) is 22.2 Å². The number of carbonyl (C=O) groups is 1. The van der Waals surface area contributed by atoms with E-state index in [0.29, 0.717) is 12.4 Å². The molecule has 1 aliphatic heterocycles. The van der Waals surface area contributed by atoms with E-state index in [2.05, 4.69) is 23.8 Å². The summed E-state index contributed by atoms with van der Waals surface area (Å²) in [5.74, 6) is 2.15. The molecule has 25 heavy (non-hydrogen) atoms. The third-order valence-electron chi connectivity index (χ3n) is 4.46. The molecule has 6 heteroatoms. The predicted octanol–water partition coefficient (Wildman–Crippen LogP) is 4.53. The van der Waals surface area contributed by atoms with Gasteiger partial charge in [0.15, 0.2) is 5.78 Å². The lowest BCUT2D eigenvalue weighted by atomic mass is 10.1. The lowest BCUT2D eigenvalue weighted by Crippen LogP contribution is -2.03. The number of thioether (sulfide) groups is 1. The maximum absolute atomic E-state index is 12.6. The van der Waals surface area contributed by atoms with Crippen molar-refractivity contribution in [2.75, 3.05) is 12.4 Å². The molecule has 2 aromatic heterocycles. The maximum Gasteiger partial charge on any atom is 0.173 e. The van der Waals surface area contributed by atoms with E-state index in [1.165, 1.54) is 22.2 Å². The average molecular weight is 370 g/mol. The van der Waals surface area contributed by atoms with E-state index >= 15 is 0 Å². The van der Waals surface area contributed by atoms with Crippen LogP contribution in [0.3, 0.4) is 0 Å². The molecule has 128 valence electrons. The van der Waals surface area contributed by atoms with Crippen molar-refractivity contribution in [1.82, 2.24) is 9.97 Å². The van der Waals surface area contributed by atoms with Crippen LogP contribution in [0.2, 0.25) is 0 Å². The molecule has 0 saturated heterocycles. The number of Topliss-reactive ketones (excluding diaryl/α,β-unsaturated/α-hetero) is 1. The highest BCUT2D eigenvalue weighted by atomic mass is 32.2. The number of hydrogen-bond acceptors (Lipinski definition) is 6. The van der Waals surface area contributed by atoms with Gasteiger partial charge in [0.25, 0.3) is 0 Å². The van der Waals surface area contributed by atoms with Crippen LogP contribution in [0.15, 0.2) is 23.2 Å². The van der Waals surface area contributed by atoms with Crippen LogP contribution < -0.4 is 4.74 Å². The summed E-state index contributed by atoms with van der Waals surface area (Å²) in [6.07, 6.45) is 0.878. The van der Waals surface area contributed by atoms with Gasteiger partial charge >= 0.3 is 0 Å². The van der Waals surface area contributed by atoms with Crippen LogP contribution in [0, 0.1) is 20.8 Å². The summed E-state index contributed by atoms with van der Waals surface area (Å²) in [5, 5.41) is 2.00. The fourth-order valence-electron chi connectivity index (χ4n) is 3.00. The number of hydrogen-bond donors (Lipinski definition) is 0. The fraction of sp³-hybridized carbons (Fsp3) is 0.316. The SMILES string of the molecule is Cc1nc(SCC(=O)c2ccc3c(c2)CCO3)c2c(C)c(C)sc2n1. The Morgan fingerprint density at radius 2 is 2.12 bits per heavy atom. The molecule has 0 unspecified atom stereocenters. The lowest BCUT2D eigenvalue weighted by Gasteiger charge is -2.06. The summed E-state index contributed by atoms with van der Waals surface area (Å²) in [5.41, 5.74) is 3.09. The zero-order chi connectivity index (χ0) is 17.6. The van der Waals surface area contributed by atoms with Gasteiger partial charge in [-0.05, 0) is 50.1 Å². The number of nitrogens with zero attached hydrogens (tertiary/aromatic N) is 2. The van der Waals surface area contributed by atoms with Gasteiger partial charge in [-0.3, -0.25) is 4.79 Å². The highest BCUT2D eigenvalue weighted by Gasteiger charge is 2.18. The van der Waals surface area contributed by atoms with E-state index < -0.39 is 0 Å². The van der Waals surface area contributed by atoms with Crippen molar-refractivity contribution < 1.29 is 9.53 Å². The number of carbonyl (C=O) groups excluding carboxylic acids is 1. The number of thiophene rings is 1. The Morgan fingerprint density at radius 3 is 2.96 bits per heavy atom. The quantitative estimate of drug-likeness (QED) is 0.384. The van der Waals surface area contributed by atoms with Crippen LogP contribution in [0.5, 0.6) is 5.75 Å². The van der Waals surface area contributed by atoms with Gasteiger partial charge in [-0.15, -0.1) is 11.3 Å². The first-order valence-corrected chi connectivity index (χ1v) is 9.99. The van der Waals surface area contributed by atoms with Crippen LogP contribution in [0.4, 0.5) is 0 Å². The molecule has 0 fully saturated rings.